The topological polar surface area (TPSA) is 52.6 Å². The van der Waals surface area contributed by atoms with Crippen LogP contribution in [-0.4, -0.2) is 35.2 Å². The summed E-state index contributed by atoms with van der Waals surface area (Å²) in [5.74, 6) is -1.31. The van der Waals surface area contributed by atoms with Crippen LogP contribution in [0.15, 0.2) is 18.2 Å². The first-order chi connectivity index (χ1) is 9.02. The lowest BCUT2D eigenvalue weighted by Crippen LogP contribution is -2.42. The molecule has 0 bridgehead atoms. The molecule has 2 N–H and O–H groups in total. The number of benzene rings is 1. The SMILES string of the molecule is CC1CCN(C(=O)Nc2ccc(F)cc2F)C1CO. The van der Waals surface area contributed by atoms with Crippen molar-refractivity contribution in [3.05, 3.63) is 29.8 Å². The monoisotopic (exact) mass is 270 g/mol. The highest BCUT2D eigenvalue weighted by atomic mass is 19.1. The third kappa shape index (κ3) is 2.84. The quantitative estimate of drug-likeness (QED) is 0.865. The standard InChI is InChI=1S/C13H16F2N2O2/c1-8-4-5-17(12(8)7-18)13(19)16-11-3-2-9(14)6-10(11)15/h2-3,6,8,12,18H,4-5,7H2,1H3,(H,16,19). The number of urea groups is 1. The van der Waals surface area contributed by atoms with Crippen LogP contribution in [0.3, 0.4) is 0 Å². The van der Waals surface area contributed by atoms with Gasteiger partial charge >= 0.3 is 6.03 Å². The van der Waals surface area contributed by atoms with E-state index in [2.05, 4.69) is 5.32 Å². The second-order valence-corrected chi connectivity index (χ2v) is 4.76. The Bertz CT molecular complexity index is 482. The molecule has 2 unspecified atom stereocenters. The smallest absolute Gasteiger partial charge is 0.322 e. The van der Waals surface area contributed by atoms with Gasteiger partial charge in [0.05, 0.1) is 18.3 Å². The van der Waals surface area contributed by atoms with Crippen molar-refractivity contribution in [2.75, 3.05) is 18.5 Å². The molecule has 104 valence electrons. The van der Waals surface area contributed by atoms with E-state index in [0.29, 0.717) is 12.6 Å². The molecule has 19 heavy (non-hydrogen) atoms. The van der Waals surface area contributed by atoms with Gasteiger partial charge in [0.1, 0.15) is 11.6 Å². The zero-order valence-corrected chi connectivity index (χ0v) is 10.6. The Morgan fingerprint density at radius 1 is 1.53 bits per heavy atom. The molecule has 1 fully saturated rings. The van der Waals surface area contributed by atoms with Gasteiger partial charge in [0.25, 0.3) is 0 Å². The summed E-state index contributed by atoms with van der Waals surface area (Å²) in [6, 6.07) is 2.23. The van der Waals surface area contributed by atoms with E-state index >= 15 is 0 Å². The number of nitrogens with zero attached hydrogens (tertiary/aromatic N) is 1. The molecule has 0 saturated carbocycles. The molecule has 2 atom stereocenters. The minimum atomic E-state index is -0.818. The van der Waals surface area contributed by atoms with Crippen LogP contribution in [0, 0.1) is 17.6 Å². The van der Waals surface area contributed by atoms with E-state index in [9.17, 15) is 18.7 Å². The number of amides is 2. The number of likely N-dealkylation sites (tertiary alicyclic amines) is 1. The average Bonchev–Trinajstić information content (AvgIpc) is 2.74. The molecule has 0 radical (unpaired) electrons. The lowest BCUT2D eigenvalue weighted by molar-refractivity contribution is 0.152. The molecule has 0 aromatic heterocycles. The second-order valence-electron chi connectivity index (χ2n) is 4.76. The summed E-state index contributed by atoms with van der Waals surface area (Å²) in [4.78, 5) is 13.5. The number of rotatable bonds is 2. The molecule has 2 rings (SSSR count). The normalized spacial score (nSPS) is 22.6. The molecule has 2 amide bonds. The minimum absolute atomic E-state index is 0.0670. The molecule has 1 heterocycles. The fraction of sp³-hybridized carbons (Fsp3) is 0.462. The van der Waals surface area contributed by atoms with E-state index in [4.69, 9.17) is 0 Å². The van der Waals surface area contributed by atoms with Crippen molar-refractivity contribution in [2.24, 2.45) is 5.92 Å². The van der Waals surface area contributed by atoms with Crippen LogP contribution < -0.4 is 5.32 Å². The van der Waals surface area contributed by atoms with E-state index in [1.54, 1.807) is 0 Å². The molecule has 1 aliphatic rings. The van der Waals surface area contributed by atoms with Crippen molar-refractivity contribution >= 4 is 11.7 Å². The third-order valence-electron chi connectivity index (χ3n) is 3.50. The van der Waals surface area contributed by atoms with Gasteiger partial charge in [-0.05, 0) is 24.5 Å². The van der Waals surface area contributed by atoms with Crippen molar-refractivity contribution in [1.29, 1.82) is 0 Å². The lowest BCUT2D eigenvalue weighted by Gasteiger charge is -2.25. The van der Waals surface area contributed by atoms with Gasteiger partial charge in [-0.25, -0.2) is 13.6 Å². The maximum Gasteiger partial charge on any atom is 0.322 e. The molecule has 0 spiro atoms. The molecule has 0 aliphatic carbocycles. The summed E-state index contributed by atoms with van der Waals surface area (Å²) >= 11 is 0. The van der Waals surface area contributed by atoms with Crippen molar-refractivity contribution < 1.29 is 18.7 Å². The number of aliphatic hydroxyl groups excluding tert-OH is 1. The van der Waals surface area contributed by atoms with Gasteiger partial charge in [-0.1, -0.05) is 6.92 Å². The van der Waals surface area contributed by atoms with E-state index in [1.807, 2.05) is 6.92 Å². The van der Waals surface area contributed by atoms with Gasteiger partial charge in [-0.3, -0.25) is 0 Å². The number of carbonyl (C=O) groups excluding carboxylic acids is 1. The van der Waals surface area contributed by atoms with Crippen LogP contribution in [0.25, 0.3) is 0 Å². The molecule has 6 heteroatoms. The summed E-state index contributed by atoms with van der Waals surface area (Å²) < 4.78 is 26.2. The van der Waals surface area contributed by atoms with Crippen LogP contribution in [-0.2, 0) is 0 Å². The van der Waals surface area contributed by atoms with Crippen molar-refractivity contribution in [3.8, 4) is 0 Å². The van der Waals surface area contributed by atoms with E-state index in [1.165, 1.54) is 11.0 Å². The fourth-order valence-electron chi connectivity index (χ4n) is 2.32. The number of hydrogen-bond acceptors (Lipinski definition) is 2. The molecule has 1 aromatic carbocycles. The van der Waals surface area contributed by atoms with Crippen LogP contribution in [0.5, 0.6) is 0 Å². The highest BCUT2D eigenvalue weighted by Crippen LogP contribution is 2.25. The predicted octanol–water partition coefficient (Wildman–Crippen LogP) is 2.20. The largest absolute Gasteiger partial charge is 0.394 e. The van der Waals surface area contributed by atoms with Crippen LogP contribution >= 0.6 is 0 Å². The number of nitrogens with one attached hydrogen (secondary N) is 1. The first-order valence-corrected chi connectivity index (χ1v) is 6.16. The van der Waals surface area contributed by atoms with Crippen LogP contribution in [0.4, 0.5) is 19.3 Å². The fourth-order valence-corrected chi connectivity index (χ4v) is 2.32. The Labute approximate surface area is 110 Å². The van der Waals surface area contributed by atoms with Gasteiger partial charge in [0.15, 0.2) is 0 Å². The Kier molecular flexibility index (Phi) is 3.99. The Morgan fingerprint density at radius 2 is 2.26 bits per heavy atom. The van der Waals surface area contributed by atoms with Crippen molar-refractivity contribution in [3.63, 3.8) is 0 Å². The van der Waals surface area contributed by atoms with Gasteiger partial charge in [-0.2, -0.15) is 0 Å². The van der Waals surface area contributed by atoms with Crippen molar-refractivity contribution in [2.45, 2.75) is 19.4 Å². The van der Waals surface area contributed by atoms with Gasteiger partial charge in [0.2, 0.25) is 0 Å². The number of anilines is 1. The van der Waals surface area contributed by atoms with Gasteiger partial charge in [-0.15, -0.1) is 0 Å². The summed E-state index contributed by atoms with van der Waals surface area (Å²) in [5.41, 5.74) is -0.0670. The van der Waals surface area contributed by atoms with Crippen LogP contribution in [0.1, 0.15) is 13.3 Å². The van der Waals surface area contributed by atoms with Crippen LogP contribution in [0.2, 0.25) is 0 Å². The van der Waals surface area contributed by atoms with Crippen molar-refractivity contribution in [1.82, 2.24) is 4.90 Å². The first-order valence-electron chi connectivity index (χ1n) is 6.16. The summed E-state index contributed by atoms with van der Waals surface area (Å²) in [6.07, 6.45) is 0.796. The molecule has 1 aromatic rings. The minimum Gasteiger partial charge on any atom is -0.394 e. The first kappa shape index (κ1) is 13.7. The highest BCUT2D eigenvalue weighted by molar-refractivity contribution is 5.89. The number of halogens is 2. The number of hydrogen-bond donors (Lipinski definition) is 2. The predicted molar refractivity (Wildman–Crippen MR) is 66.7 cm³/mol. The Hall–Kier alpha value is -1.69. The summed E-state index contributed by atoms with van der Waals surface area (Å²) in [7, 11) is 0. The van der Waals surface area contributed by atoms with Gasteiger partial charge in [0, 0.05) is 12.6 Å². The summed E-state index contributed by atoms with van der Waals surface area (Å²) in [6.45, 7) is 2.34. The molecule has 4 nitrogen and oxygen atoms in total. The average molecular weight is 270 g/mol. The van der Waals surface area contributed by atoms with E-state index in [0.717, 1.165) is 12.5 Å². The number of aliphatic hydroxyl groups is 1. The van der Waals surface area contributed by atoms with E-state index in [-0.39, 0.29) is 24.3 Å². The maximum atomic E-state index is 13.4. The second kappa shape index (κ2) is 5.52. The molecular weight excluding hydrogens is 254 g/mol. The molecular formula is C13H16F2N2O2. The van der Waals surface area contributed by atoms with Gasteiger partial charge < -0.3 is 15.3 Å². The zero-order chi connectivity index (χ0) is 14.0. The molecule has 1 aliphatic heterocycles. The lowest BCUT2D eigenvalue weighted by atomic mass is 10.0. The Morgan fingerprint density at radius 3 is 2.89 bits per heavy atom. The zero-order valence-electron chi connectivity index (χ0n) is 10.6. The summed E-state index contributed by atoms with van der Waals surface area (Å²) in [5, 5.41) is 11.7. The number of carbonyl (C=O) groups is 1. The third-order valence-corrected chi connectivity index (χ3v) is 3.50. The maximum absolute atomic E-state index is 13.4. The molecule has 1 saturated heterocycles. The van der Waals surface area contributed by atoms with E-state index < -0.39 is 17.7 Å². The highest BCUT2D eigenvalue weighted by Gasteiger charge is 2.34. The Balaban J connectivity index is 2.09.